The van der Waals surface area contributed by atoms with Gasteiger partial charge in [0, 0.05) is 13.1 Å². The third-order valence-corrected chi connectivity index (χ3v) is 3.20. The zero-order valence-corrected chi connectivity index (χ0v) is 9.69. The first-order valence-electron chi connectivity index (χ1n) is 6.02. The van der Waals surface area contributed by atoms with Crippen molar-refractivity contribution in [2.75, 3.05) is 18.0 Å². The largest absolute Gasteiger partial charge is 0.341 e. The number of piperidine rings is 1. The Hall–Kier alpha value is -1.19. The topological polar surface area (TPSA) is 29.0 Å². The molecule has 1 saturated heterocycles. The summed E-state index contributed by atoms with van der Waals surface area (Å²) in [5.41, 5.74) is 0. The molecule has 2 heterocycles. The molecule has 0 unspecified atom stereocenters. The van der Waals surface area contributed by atoms with Crippen LogP contribution in [0.1, 0.15) is 32.6 Å². The Morgan fingerprint density at radius 2 is 1.94 bits per heavy atom. The first-order valence-corrected chi connectivity index (χ1v) is 6.02. The molecular formula is C12H18FN3. The predicted octanol–water partition coefficient (Wildman–Crippen LogP) is 2.63. The molecule has 1 fully saturated rings. The monoisotopic (exact) mass is 223 g/mol. The number of anilines is 1. The van der Waals surface area contributed by atoms with Crippen LogP contribution in [0.3, 0.4) is 0 Å². The second-order valence-electron chi connectivity index (χ2n) is 4.42. The molecule has 0 amide bonds. The van der Waals surface area contributed by atoms with Crippen LogP contribution in [0.4, 0.5) is 10.3 Å². The van der Waals surface area contributed by atoms with E-state index < -0.39 is 0 Å². The zero-order chi connectivity index (χ0) is 11.4. The van der Waals surface area contributed by atoms with E-state index in [1.807, 2.05) is 0 Å². The predicted molar refractivity (Wildman–Crippen MR) is 61.8 cm³/mol. The third-order valence-electron chi connectivity index (χ3n) is 3.20. The van der Waals surface area contributed by atoms with Gasteiger partial charge in [-0.3, -0.25) is 0 Å². The average Bonchev–Trinajstić information content (AvgIpc) is 2.32. The fourth-order valence-electron chi connectivity index (χ4n) is 2.30. The summed E-state index contributed by atoms with van der Waals surface area (Å²) in [6, 6.07) is 0. The Kier molecular flexibility index (Phi) is 3.70. The van der Waals surface area contributed by atoms with E-state index in [1.54, 1.807) is 0 Å². The minimum absolute atomic E-state index is 0.371. The smallest absolute Gasteiger partial charge is 0.225 e. The number of hydrogen-bond donors (Lipinski definition) is 0. The molecule has 1 aromatic rings. The summed E-state index contributed by atoms with van der Waals surface area (Å²) in [7, 11) is 0. The zero-order valence-electron chi connectivity index (χ0n) is 9.69. The van der Waals surface area contributed by atoms with Gasteiger partial charge in [0.2, 0.25) is 5.95 Å². The van der Waals surface area contributed by atoms with E-state index in [0.29, 0.717) is 5.95 Å². The van der Waals surface area contributed by atoms with E-state index >= 15 is 0 Å². The van der Waals surface area contributed by atoms with Crippen molar-refractivity contribution in [1.82, 2.24) is 9.97 Å². The molecule has 1 aromatic heterocycles. The molecule has 1 aliphatic heterocycles. The van der Waals surface area contributed by atoms with Gasteiger partial charge < -0.3 is 4.90 Å². The van der Waals surface area contributed by atoms with Gasteiger partial charge in [0.05, 0.1) is 12.4 Å². The highest BCUT2D eigenvalue weighted by Crippen LogP contribution is 2.23. The van der Waals surface area contributed by atoms with Crippen LogP contribution in [0.25, 0.3) is 0 Å². The molecule has 0 aliphatic carbocycles. The van der Waals surface area contributed by atoms with E-state index in [1.165, 1.54) is 38.1 Å². The molecule has 0 bridgehead atoms. The van der Waals surface area contributed by atoms with E-state index in [9.17, 15) is 4.39 Å². The second-order valence-corrected chi connectivity index (χ2v) is 4.42. The highest BCUT2D eigenvalue weighted by molar-refractivity contribution is 5.28. The Morgan fingerprint density at radius 1 is 1.31 bits per heavy atom. The van der Waals surface area contributed by atoms with Gasteiger partial charge in [0.15, 0.2) is 5.82 Å². The van der Waals surface area contributed by atoms with Gasteiger partial charge in [-0.25, -0.2) is 14.4 Å². The molecule has 88 valence electrons. The summed E-state index contributed by atoms with van der Waals surface area (Å²) in [5.74, 6) is 1.14. The van der Waals surface area contributed by atoms with Crippen LogP contribution >= 0.6 is 0 Å². The van der Waals surface area contributed by atoms with Gasteiger partial charge in [0.1, 0.15) is 0 Å². The lowest BCUT2D eigenvalue weighted by molar-refractivity contribution is 0.375. The van der Waals surface area contributed by atoms with Gasteiger partial charge in [0.25, 0.3) is 0 Å². The molecule has 3 nitrogen and oxygen atoms in total. The maximum Gasteiger partial charge on any atom is 0.225 e. The van der Waals surface area contributed by atoms with Crippen molar-refractivity contribution in [2.45, 2.75) is 32.6 Å². The van der Waals surface area contributed by atoms with E-state index in [0.717, 1.165) is 19.0 Å². The number of rotatable bonds is 3. The molecule has 0 radical (unpaired) electrons. The summed E-state index contributed by atoms with van der Waals surface area (Å²) >= 11 is 0. The molecule has 0 spiro atoms. The lowest BCUT2D eigenvalue weighted by Gasteiger charge is -2.31. The maximum absolute atomic E-state index is 12.7. The quantitative estimate of drug-likeness (QED) is 0.788. The minimum Gasteiger partial charge on any atom is -0.341 e. The van der Waals surface area contributed by atoms with E-state index in [-0.39, 0.29) is 5.82 Å². The highest BCUT2D eigenvalue weighted by Gasteiger charge is 2.19. The molecule has 0 N–H and O–H groups in total. The molecule has 0 saturated carbocycles. The van der Waals surface area contributed by atoms with E-state index in [4.69, 9.17) is 0 Å². The molecule has 4 heteroatoms. The third kappa shape index (κ3) is 2.68. The normalized spacial score (nSPS) is 17.8. The lowest BCUT2D eigenvalue weighted by Crippen LogP contribution is -2.34. The molecular weight excluding hydrogens is 205 g/mol. The Morgan fingerprint density at radius 3 is 2.50 bits per heavy atom. The minimum atomic E-state index is -0.371. The van der Waals surface area contributed by atoms with Crippen molar-refractivity contribution >= 4 is 5.95 Å². The van der Waals surface area contributed by atoms with Crippen molar-refractivity contribution in [3.05, 3.63) is 18.2 Å². The van der Waals surface area contributed by atoms with Crippen molar-refractivity contribution < 1.29 is 4.39 Å². The van der Waals surface area contributed by atoms with Crippen molar-refractivity contribution in [3.63, 3.8) is 0 Å². The van der Waals surface area contributed by atoms with Gasteiger partial charge in [-0.1, -0.05) is 19.8 Å². The average molecular weight is 223 g/mol. The first kappa shape index (κ1) is 11.3. The number of nitrogens with zero attached hydrogens (tertiary/aromatic N) is 3. The molecule has 2 rings (SSSR count). The van der Waals surface area contributed by atoms with E-state index in [2.05, 4.69) is 21.8 Å². The van der Waals surface area contributed by atoms with Crippen LogP contribution in [0.2, 0.25) is 0 Å². The van der Waals surface area contributed by atoms with Crippen molar-refractivity contribution in [3.8, 4) is 0 Å². The Balaban J connectivity index is 1.91. The molecule has 0 atom stereocenters. The summed E-state index contributed by atoms with van der Waals surface area (Å²) in [6.07, 6.45) is 7.46. The molecule has 16 heavy (non-hydrogen) atoms. The highest BCUT2D eigenvalue weighted by atomic mass is 19.1. The summed E-state index contributed by atoms with van der Waals surface area (Å²) in [4.78, 5) is 10.2. The summed E-state index contributed by atoms with van der Waals surface area (Å²) in [5, 5.41) is 0. The van der Waals surface area contributed by atoms with Crippen molar-refractivity contribution in [1.29, 1.82) is 0 Å². The SMILES string of the molecule is CCCC1CCN(c2ncc(F)cn2)CC1. The summed E-state index contributed by atoms with van der Waals surface area (Å²) in [6.45, 7) is 4.22. The number of hydrogen-bond acceptors (Lipinski definition) is 3. The van der Waals surface area contributed by atoms with Crippen LogP contribution in [0.5, 0.6) is 0 Å². The summed E-state index contributed by atoms with van der Waals surface area (Å²) < 4.78 is 12.7. The molecule has 1 aliphatic rings. The fraction of sp³-hybridized carbons (Fsp3) is 0.667. The Bertz CT molecular complexity index is 318. The van der Waals surface area contributed by atoms with Crippen LogP contribution < -0.4 is 4.90 Å². The van der Waals surface area contributed by atoms with Crippen LogP contribution in [-0.4, -0.2) is 23.1 Å². The van der Waals surface area contributed by atoms with Gasteiger partial charge in [-0.2, -0.15) is 0 Å². The van der Waals surface area contributed by atoms with Gasteiger partial charge in [-0.15, -0.1) is 0 Å². The first-order chi connectivity index (χ1) is 7.79. The van der Waals surface area contributed by atoms with Crippen LogP contribution in [0.15, 0.2) is 12.4 Å². The standard InChI is InChI=1S/C12H18FN3/c1-2-3-10-4-6-16(7-5-10)12-14-8-11(13)9-15-12/h8-10H,2-7H2,1H3. The Labute approximate surface area is 95.7 Å². The maximum atomic E-state index is 12.7. The van der Waals surface area contributed by atoms with Crippen molar-refractivity contribution in [2.24, 2.45) is 5.92 Å². The number of aromatic nitrogens is 2. The fourth-order valence-corrected chi connectivity index (χ4v) is 2.30. The lowest BCUT2D eigenvalue weighted by atomic mass is 9.93. The van der Waals surface area contributed by atoms with Gasteiger partial charge in [-0.05, 0) is 18.8 Å². The molecule has 0 aromatic carbocycles. The van der Waals surface area contributed by atoms with Crippen LogP contribution in [0, 0.1) is 11.7 Å². The van der Waals surface area contributed by atoms with Gasteiger partial charge >= 0.3 is 0 Å². The van der Waals surface area contributed by atoms with Crippen LogP contribution in [-0.2, 0) is 0 Å². The number of halogens is 1. The second kappa shape index (κ2) is 5.23.